The highest BCUT2D eigenvalue weighted by Crippen LogP contribution is 2.65. The van der Waals surface area contributed by atoms with Gasteiger partial charge in [-0.2, -0.15) is 4.98 Å². The first-order valence-corrected chi connectivity index (χ1v) is 16.4. The van der Waals surface area contributed by atoms with Crippen molar-refractivity contribution in [2.75, 3.05) is 25.5 Å². The lowest BCUT2D eigenvalue weighted by Gasteiger charge is -2.62. The van der Waals surface area contributed by atoms with Crippen LogP contribution in [0.15, 0.2) is 51.9 Å². The number of amides is 1. The van der Waals surface area contributed by atoms with Crippen LogP contribution in [0.3, 0.4) is 0 Å². The number of aryl methyl sites for hydroxylation is 1. The Hall–Kier alpha value is -4.24. The molecule has 14 nitrogen and oxygen atoms in total. The molecule has 6 N–H and O–H groups in total. The molecule has 0 bridgehead atoms. The number of aromatic nitrogens is 3. The summed E-state index contributed by atoms with van der Waals surface area (Å²) < 4.78 is 13.8. The van der Waals surface area contributed by atoms with E-state index in [4.69, 9.17) is 15.2 Å². The van der Waals surface area contributed by atoms with Crippen molar-refractivity contribution in [1.82, 2.24) is 25.2 Å². The van der Waals surface area contributed by atoms with Crippen molar-refractivity contribution >= 4 is 47.1 Å². The van der Waals surface area contributed by atoms with E-state index in [0.717, 1.165) is 10.9 Å². The van der Waals surface area contributed by atoms with Crippen LogP contribution in [-0.4, -0.2) is 92.3 Å². The highest BCUT2D eigenvalue weighted by atomic mass is 16.6. The average molecular weight is 659 g/mol. The number of aliphatic hydroxyl groups excluding tert-OH is 2. The molecule has 3 fully saturated rings. The van der Waals surface area contributed by atoms with Crippen molar-refractivity contribution in [2.45, 2.75) is 63.8 Å². The van der Waals surface area contributed by atoms with Crippen LogP contribution in [0.4, 0.5) is 5.95 Å². The SMILES string of the molecule is CC(NC1CC2[C@](C)(CC[C@@H](O)[C@@]2(C)CO)C(/C=C/C2=CC(=C\c3cn(C)c4nc(N)ncc34)/OC2=O)C12CO2)C(=O)NC1=NCC=N1. The van der Waals surface area contributed by atoms with E-state index >= 15 is 0 Å². The number of nitrogens with one attached hydrogen (secondary N) is 2. The molecule has 5 aliphatic rings. The van der Waals surface area contributed by atoms with Crippen LogP contribution >= 0.6 is 0 Å². The number of esters is 1. The second kappa shape index (κ2) is 11.7. The number of epoxide rings is 1. The van der Waals surface area contributed by atoms with Gasteiger partial charge in [-0.05, 0) is 49.7 Å². The number of hydrogen-bond acceptors (Lipinski definition) is 12. The van der Waals surface area contributed by atoms with Gasteiger partial charge in [0, 0.05) is 54.0 Å². The lowest BCUT2D eigenvalue weighted by atomic mass is 9.44. The maximum atomic E-state index is 13.1. The minimum atomic E-state index is -0.775. The molecule has 0 aromatic carbocycles. The second-order valence-electron chi connectivity index (χ2n) is 14.2. The molecule has 254 valence electrons. The zero-order valence-electron chi connectivity index (χ0n) is 27.5. The number of aliphatic imine (C=N–C) groups is 2. The van der Waals surface area contributed by atoms with Gasteiger partial charge in [0.15, 0.2) is 0 Å². The van der Waals surface area contributed by atoms with Crippen molar-refractivity contribution in [2.24, 2.45) is 39.7 Å². The number of nitrogen functional groups attached to an aromatic ring is 1. The van der Waals surface area contributed by atoms with Crippen LogP contribution in [0.5, 0.6) is 0 Å². The number of fused-ring (bicyclic) bond motifs is 2. The van der Waals surface area contributed by atoms with Crippen molar-refractivity contribution in [1.29, 1.82) is 0 Å². The summed E-state index contributed by atoms with van der Waals surface area (Å²) in [5.74, 6) is -0.221. The molecular formula is C34H42N8O6. The van der Waals surface area contributed by atoms with Gasteiger partial charge in [-0.25, -0.2) is 19.8 Å². The third-order valence-electron chi connectivity index (χ3n) is 11.3. The maximum Gasteiger partial charge on any atom is 0.343 e. The first-order valence-electron chi connectivity index (χ1n) is 16.4. The number of allylic oxidation sites excluding steroid dienone is 1. The van der Waals surface area contributed by atoms with Crippen molar-refractivity contribution in [3.8, 4) is 0 Å². The fourth-order valence-corrected chi connectivity index (χ4v) is 8.55. The summed E-state index contributed by atoms with van der Waals surface area (Å²) in [6, 6.07) is -0.882. The monoisotopic (exact) mass is 658 g/mol. The smallest absolute Gasteiger partial charge is 0.343 e. The molecule has 2 aromatic heterocycles. The quantitative estimate of drug-likeness (QED) is 0.214. The summed E-state index contributed by atoms with van der Waals surface area (Å²) >= 11 is 0. The van der Waals surface area contributed by atoms with Crippen molar-refractivity contribution in [3.05, 3.63) is 47.5 Å². The predicted molar refractivity (Wildman–Crippen MR) is 178 cm³/mol. The Morgan fingerprint density at radius 3 is 2.83 bits per heavy atom. The molecule has 1 saturated heterocycles. The van der Waals surface area contributed by atoms with E-state index in [0.29, 0.717) is 49.4 Å². The van der Waals surface area contributed by atoms with Gasteiger partial charge in [0.05, 0.1) is 37.5 Å². The van der Waals surface area contributed by atoms with Gasteiger partial charge in [0.2, 0.25) is 17.8 Å². The van der Waals surface area contributed by atoms with Crippen LogP contribution in [0, 0.1) is 22.7 Å². The van der Waals surface area contributed by atoms with E-state index < -0.39 is 29.1 Å². The van der Waals surface area contributed by atoms with Gasteiger partial charge >= 0.3 is 5.97 Å². The summed E-state index contributed by atoms with van der Waals surface area (Å²) in [7, 11) is 1.86. The average Bonchev–Trinajstić information content (AvgIpc) is 3.33. The van der Waals surface area contributed by atoms with Gasteiger partial charge in [-0.3, -0.25) is 10.1 Å². The standard InChI is InChI=1S/C34H42N8O6/c1-18(28(45)41-31-36-9-10-37-31)39-25-13-24-32(2,8-7-26(44)33(24,3)16-43)23(34(25)17-47-34)6-5-19-11-21(48-29(19)46)12-20-15-42(4)27-22(20)14-38-30(35)40-27/h5-6,9,11-12,14-15,18,23-26,39,43-44H,7-8,10,13,16-17H2,1-4H3,(H2,35,38,40)(H,37,41,45)/b6-5+,21-12+/t18?,23?,24?,25?,26-,32-,33+,34?/m1/s1. The molecule has 1 spiro atoms. The number of cyclic esters (lactones) is 1. The normalized spacial score (nSPS) is 35.6. The van der Waals surface area contributed by atoms with Crippen LogP contribution in [0.2, 0.25) is 0 Å². The summed E-state index contributed by atoms with van der Waals surface area (Å²) in [6.07, 6.45) is 13.6. The van der Waals surface area contributed by atoms with Gasteiger partial charge in [-0.1, -0.05) is 26.0 Å². The highest BCUT2D eigenvalue weighted by Gasteiger charge is 2.70. The Morgan fingerprint density at radius 2 is 2.12 bits per heavy atom. The van der Waals surface area contributed by atoms with E-state index in [1.54, 1.807) is 37.6 Å². The minimum Gasteiger partial charge on any atom is -0.423 e. The van der Waals surface area contributed by atoms with E-state index in [1.807, 2.05) is 30.8 Å². The summed E-state index contributed by atoms with van der Waals surface area (Å²) in [5.41, 5.74) is 5.81. The number of rotatable bonds is 7. The molecule has 2 aliphatic carbocycles. The molecule has 2 aromatic rings. The van der Waals surface area contributed by atoms with Gasteiger partial charge in [0.1, 0.15) is 17.0 Å². The van der Waals surface area contributed by atoms with E-state index in [9.17, 15) is 19.8 Å². The molecule has 5 unspecified atom stereocenters. The van der Waals surface area contributed by atoms with E-state index in [2.05, 4.69) is 37.5 Å². The number of ether oxygens (including phenoxy) is 2. The number of hydrogen-bond donors (Lipinski definition) is 5. The van der Waals surface area contributed by atoms with Gasteiger partial charge in [0.25, 0.3) is 0 Å². The number of guanidine groups is 1. The Bertz CT molecular complexity index is 1820. The predicted octanol–water partition coefficient (Wildman–Crippen LogP) is 1.40. The third-order valence-corrected chi connectivity index (χ3v) is 11.3. The lowest BCUT2D eigenvalue weighted by Crippen LogP contribution is -2.67. The topological polar surface area (TPSA) is 202 Å². The van der Waals surface area contributed by atoms with Crippen LogP contribution < -0.4 is 16.4 Å². The summed E-state index contributed by atoms with van der Waals surface area (Å²) in [4.78, 5) is 42.9. The Labute approximate surface area is 277 Å². The molecular weight excluding hydrogens is 616 g/mol. The molecule has 3 aliphatic heterocycles. The molecule has 8 atom stereocenters. The molecule has 2 saturated carbocycles. The van der Waals surface area contributed by atoms with Gasteiger partial charge in [-0.15, -0.1) is 0 Å². The number of carbonyl (C=O) groups is 2. The van der Waals surface area contributed by atoms with Crippen LogP contribution in [0.25, 0.3) is 17.1 Å². The maximum absolute atomic E-state index is 13.1. The van der Waals surface area contributed by atoms with Crippen LogP contribution in [-0.2, 0) is 26.1 Å². The molecule has 0 radical (unpaired) electrons. The summed E-state index contributed by atoms with van der Waals surface area (Å²) in [6.45, 7) is 6.64. The van der Waals surface area contributed by atoms with Crippen LogP contribution in [0.1, 0.15) is 45.6 Å². The molecule has 5 heterocycles. The molecule has 14 heteroatoms. The summed E-state index contributed by atoms with van der Waals surface area (Å²) in [5, 5.41) is 28.9. The molecule has 7 rings (SSSR count). The first-order chi connectivity index (χ1) is 22.9. The fraction of sp³-hybridized carbons (Fsp3) is 0.529. The number of aliphatic hydroxyl groups is 2. The van der Waals surface area contributed by atoms with Gasteiger partial charge < -0.3 is 35.3 Å². The zero-order valence-corrected chi connectivity index (χ0v) is 27.5. The van der Waals surface area contributed by atoms with E-state index in [-0.39, 0.29) is 47.7 Å². The number of nitrogens with two attached hydrogens (primary N) is 1. The van der Waals surface area contributed by atoms with Crippen molar-refractivity contribution < 1.29 is 29.3 Å². The minimum absolute atomic E-state index is 0.123. The third kappa shape index (κ3) is 5.27. The largest absolute Gasteiger partial charge is 0.423 e. The Balaban J connectivity index is 1.20. The number of carbonyl (C=O) groups excluding carboxylic acids is 2. The van der Waals surface area contributed by atoms with E-state index in [1.165, 1.54) is 0 Å². The molecule has 1 amide bonds. The Morgan fingerprint density at radius 1 is 1.33 bits per heavy atom. The number of nitrogens with zero attached hydrogens (tertiary/aromatic N) is 5. The molecule has 48 heavy (non-hydrogen) atoms. The fourth-order valence-electron chi connectivity index (χ4n) is 8.55. The van der Waals surface area contributed by atoms with Crippen molar-refractivity contribution in [3.63, 3.8) is 0 Å². The second-order valence-corrected chi connectivity index (χ2v) is 14.2. The highest BCUT2D eigenvalue weighted by molar-refractivity contribution is 6.04. The Kier molecular flexibility index (Phi) is 7.89. The zero-order chi connectivity index (χ0) is 34.0. The number of anilines is 1. The lowest BCUT2D eigenvalue weighted by molar-refractivity contribution is -0.174. The first kappa shape index (κ1) is 32.3.